The van der Waals surface area contributed by atoms with Crippen molar-refractivity contribution in [3.63, 3.8) is 0 Å². The molecule has 0 saturated heterocycles. The second-order valence-corrected chi connectivity index (χ2v) is 6.39. The van der Waals surface area contributed by atoms with E-state index < -0.39 is 11.7 Å². The third-order valence-corrected chi connectivity index (χ3v) is 4.51. The summed E-state index contributed by atoms with van der Waals surface area (Å²) in [6, 6.07) is 12.0. The topological polar surface area (TPSA) is 38.3 Å². The van der Waals surface area contributed by atoms with Gasteiger partial charge in [0.2, 0.25) is 5.91 Å². The Hall–Kier alpha value is -2.15. The minimum absolute atomic E-state index is 0.0286. The van der Waals surface area contributed by atoms with Gasteiger partial charge in [0.1, 0.15) is 5.75 Å². The third kappa shape index (κ3) is 5.42. The van der Waals surface area contributed by atoms with Crippen LogP contribution in [0.1, 0.15) is 24.1 Å². The monoisotopic (exact) mass is 369 g/mol. The molecule has 7 heteroatoms. The molecule has 2 aromatic carbocycles. The van der Waals surface area contributed by atoms with Gasteiger partial charge < -0.3 is 10.1 Å². The average Bonchev–Trinajstić information content (AvgIpc) is 2.59. The van der Waals surface area contributed by atoms with Crippen molar-refractivity contribution in [1.29, 1.82) is 0 Å². The molecule has 0 aliphatic rings. The molecule has 2 aromatic rings. The van der Waals surface area contributed by atoms with E-state index >= 15 is 0 Å². The van der Waals surface area contributed by atoms with Crippen LogP contribution in [-0.2, 0) is 11.0 Å². The van der Waals surface area contributed by atoms with E-state index in [2.05, 4.69) is 5.32 Å². The number of nitrogens with one attached hydrogen (secondary N) is 1. The molecule has 0 fully saturated rings. The number of benzene rings is 2. The fourth-order valence-electron chi connectivity index (χ4n) is 2.30. The van der Waals surface area contributed by atoms with Crippen LogP contribution in [0.4, 0.5) is 13.2 Å². The minimum Gasteiger partial charge on any atom is -0.496 e. The maximum Gasteiger partial charge on any atom is 0.416 e. The maximum absolute atomic E-state index is 12.7. The van der Waals surface area contributed by atoms with Crippen molar-refractivity contribution in [3.05, 3.63) is 59.7 Å². The normalized spacial score (nSPS) is 12.5. The molecule has 0 radical (unpaired) electrons. The van der Waals surface area contributed by atoms with E-state index in [-0.39, 0.29) is 17.7 Å². The van der Waals surface area contributed by atoms with Crippen molar-refractivity contribution in [2.75, 3.05) is 12.9 Å². The SMILES string of the molecule is COc1ccccc1C(C)NC(=O)CSc1cccc(C(F)(F)F)c1. The molecule has 0 saturated carbocycles. The highest BCUT2D eigenvalue weighted by Crippen LogP contribution is 2.32. The summed E-state index contributed by atoms with van der Waals surface area (Å²) in [5, 5.41) is 2.82. The zero-order valence-corrected chi connectivity index (χ0v) is 14.6. The van der Waals surface area contributed by atoms with E-state index in [9.17, 15) is 18.0 Å². The predicted octanol–water partition coefficient (Wildman–Crippen LogP) is 4.68. The van der Waals surface area contributed by atoms with Crippen molar-refractivity contribution in [2.45, 2.75) is 24.0 Å². The van der Waals surface area contributed by atoms with E-state index in [1.165, 1.54) is 6.07 Å². The second kappa shape index (κ2) is 8.29. The summed E-state index contributed by atoms with van der Waals surface area (Å²) in [5.74, 6) is 0.433. The van der Waals surface area contributed by atoms with Crippen molar-refractivity contribution >= 4 is 17.7 Å². The van der Waals surface area contributed by atoms with Crippen LogP contribution >= 0.6 is 11.8 Å². The smallest absolute Gasteiger partial charge is 0.416 e. The molecule has 25 heavy (non-hydrogen) atoms. The van der Waals surface area contributed by atoms with Gasteiger partial charge in [0.25, 0.3) is 0 Å². The van der Waals surface area contributed by atoms with Crippen molar-refractivity contribution < 1.29 is 22.7 Å². The van der Waals surface area contributed by atoms with Crippen molar-refractivity contribution in [2.24, 2.45) is 0 Å². The Kier molecular flexibility index (Phi) is 6.36. The fraction of sp³-hybridized carbons (Fsp3) is 0.278. The fourth-order valence-corrected chi connectivity index (χ4v) is 3.06. The summed E-state index contributed by atoms with van der Waals surface area (Å²) in [6.45, 7) is 1.82. The highest BCUT2D eigenvalue weighted by atomic mass is 32.2. The first-order valence-electron chi connectivity index (χ1n) is 7.53. The molecule has 1 unspecified atom stereocenters. The van der Waals surface area contributed by atoms with Crippen LogP contribution in [0, 0.1) is 0 Å². The minimum atomic E-state index is -4.39. The molecular formula is C18H18F3NO2S. The van der Waals surface area contributed by atoms with Gasteiger partial charge in [-0.3, -0.25) is 4.79 Å². The number of para-hydroxylation sites is 1. The zero-order valence-electron chi connectivity index (χ0n) is 13.8. The van der Waals surface area contributed by atoms with Gasteiger partial charge in [0.05, 0.1) is 24.5 Å². The van der Waals surface area contributed by atoms with E-state index in [4.69, 9.17) is 4.74 Å². The van der Waals surface area contributed by atoms with Crippen LogP contribution in [0.15, 0.2) is 53.4 Å². The Balaban J connectivity index is 1.95. The molecule has 0 bridgehead atoms. The lowest BCUT2D eigenvalue weighted by atomic mass is 10.1. The highest BCUT2D eigenvalue weighted by molar-refractivity contribution is 8.00. The Morgan fingerprint density at radius 3 is 2.60 bits per heavy atom. The first-order chi connectivity index (χ1) is 11.8. The number of thioether (sulfide) groups is 1. The van der Waals surface area contributed by atoms with Crippen LogP contribution < -0.4 is 10.1 Å². The third-order valence-electron chi connectivity index (χ3n) is 3.51. The predicted molar refractivity (Wildman–Crippen MR) is 91.7 cm³/mol. The zero-order chi connectivity index (χ0) is 18.4. The van der Waals surface area contributed by atoms with Crippen LogP contribution in [0.5, 0.6) is 5.75 Å². The average molecular weight is 369 g/mol. The molecule has 134 valence electrons. The lowest BCUT2D eigenvalue weighted by molar-refractivity contribution is -0.137. The van der Waals surface area contributed by atoms with Gasteiger partial charge in [-0.05, 0) is 31.2 Å². The molecule has 3 nitrogen and oxygen atoms in total. The number of hydrogen-bond acceptors (Lipinski definition) is 3. The highest BCUT2D eigenvalue weighted by Gasteiger charge is 2.30. The van der Waals surface area contributed by atoms with E-state index in [0.29, 0.717) is 10.6 Å². The van der Waals surface area contributed by atoms with Crippen molar-refractivity contribution in [1.82, 2.24) is 5.32 Å². The second-order valence-electron chi connectivity index (χ2n) is 5.35. The first-order valence-corrected chi connectivity index (χ1v) is 8.52. The summed E-state index contributed by atoms with van der Waals surface area (Å²) in [4.78, 5) is 12.5. The number of carbonyl (C=O) groups is 1. The number of amides is 1. The lowest BCUT2D eigenvalue weighted by Crippen LogP contribution is -2.28. The van der Waals surface area contributed by atoms with E-state index in [1.807, 2.05) is 25.1 Å². The first kappa shape index (κ1) is 19.2. The van der Waals surface area contributed by atoms with Gasteiger partial charge >= 0.3 is 6.18 Å². The lowest BCUT2D eigenvalue weighted by Gasteiger charge is -2.17. The molecule has 0 aliphatic heterocycles. The molecule has 0 spiro atoms. The summed E-state index contributed by atoms with van der Waals surface area (Å²) in [7, 11) is 1.55. The van der Waals surface area contributed by atoms with E-state index in [0.717, 1.165) is 29.5 Å². The Morgan fingerprint density at radius 1 is 1.20 bits per heavy atom. The number of halogens is 3. The molecule has 0 aromatic heterocycles. The quantitative estimate of drug-likeness (QED) is 0.751. The van der Waals surface area contributed by atoms with Gasteiger partial charge in [-0.2, -0.15) is 13.2 Å². The van der Waals surface area contributed by atoms with Crippen LogP contribution in [0.3, 0.4) is 0 Å². The van der Waals surface area contributed by atoms with Gasteiger partial charge in [-0.25, -0.2) is 0 Å². The number of methoxy groups -OCH3 is 1. The molecule has 0 aliphatic carbocycles. The van der Waals surface area contributed by atoms with Crippen LogP contribution in [0.2, 0.25) is 0 Å². The molecule has 1 amide bonds. The van der Waals surface area contributed by atoms with Gasteiger partial charge in [-0.1, -0.05) is 24.3 Å². The Morgan fingerprint density at radius 2 is 1.92 bits per heavy atom. The van der Waals surface area contributed by atoms with Gasteiger partial charge in [-0.15, -0.1) is 11.8 Å². The molecule has 1 N–H and O–H groups in total. The van der Waals surface area contributed by atoms with Crippen molar-refractivity contribution in [3.8, 4) is 5.75 Å². The van der Waals surface area contributed by atoms with Crippen LogP contribution in [0.25, 0.3) is 0 Å². The molecular weight excluding hydrogens is 351 g/mol. The summed E-state index contributed by atoms with van der Waals surface area (Å²) in [6.07, 6.45) is -4.39. The molecule has 2 rings (SSSR count). The number of hydrogen-bond donors (Lipinski definition) is 1. The summed E-state index contributed by atoms with van der Waals surface area (Å²) in [5.41, 5.74) is 0.114. The molecule has 0 heterocycles. The number of rotatable bonds is 6. The van der Waals surface area contributed by atoms with E-state index in [1.54, 1.807) is 19.2 Å². The maximum atomic E-state index is 12.7. The van der Waals surface area contributed by atoms with Gasteiger partial charge in [0.15, 0.2) is 0 Å². The standard InChI is InChI=1S/C18H18F3NO2S/c1-12(15-8-3-4-9-16(15)24-2)22-17(23)11-25-14-7-5-6-13(10-14)18(19,20)21/h3-10,12H,11H2,1-2H3,(H,22,23). The Labute approximate surface area is 148 Å². The van der Waals surface area contributed by atoms with Crippen LogP contribution in [-0.4, -0.2) is 18.8 Å². The number of ether oxygens (including phenoxy) is 1. The summed E-state index contributed by atoms with van der Waals surface area (Å²) >= 11 is 1.06. The Bertz CT molecular complexity index is 734. The largest absolute Gasteiger partial charge is 0.496 e. The summed E-state index contributed by atoms with van der Waals surface area (Å²) < 4.78 is 43.4. The van der Waals surface area contributed by atoms with Gasteiger partial charge in [0, 0.05) is 10.5 Å². The molecule has 1 atom stereocenters. The number of alkyl halides is 3. The number of carbonyl (C=O) groups excluding carboxylic acids is 1.